The number of nitrogens with one attached hydrogen (secondary N) is 1. The zero-order chi connectivity index (χ0) is 22.6. The van der Waals surface area contributed by atoms with Gasteiger partial charge in [-0.3, -0.25) is 4.90 Å². The zero-order valence-electron chi connectivity index (χ0n) is 19.7. The van der Waals surface area contributed by atoms with Crippen molar-refractivity contribution >= 4 is 5.69 Å². The Hall–Kier alpha value is -2.35. The number of aromatic nitrogens is 1. The number of pyridine rings is 1. The number of rotatable bonds is 14. The van der Waals surface area contributed by atoms with E-state index in [1.807, 2.05) is 30.3 Å². The molecule has 7 nitrogen and oxygen atoms in total. The van der Waals surface area contributed by atoms with Gasteiger partial charge in [0.15, 0.2) is 0 Å². The van der Waals surface area contributed by atoms with Crippen LogP contribution in [0.2, 0.25) is 0 Å². The average molecular weight is 442 g/mol. The molecule has 1 aromatic heterocycles. The number of likely N-dealkylation sites (tertiary alicyclic amines) is 1. The standard InChI is InChI=1S/C25H39N5O2/c1-29(13-5-11-26)14-6-12-27-22-19-24(21-7-9-23(31-2)10-8-21)28-25(20-22)32-18-17-30-15-3-4-16-30/h7-10,19-20H,3-6,11-18,26H2,1-2H3,(H,27,28). The Kier molecular flexibility index (Phi) is 10.1. The van der Waals surface area contributed by atoms with E-state index < -0.39 is 0 Å². The predicted octanol–water partition coefficient (Wildman–Crippen LogP) is 3.31. The smallest absolute Gasteiger partial charge is 0.215 e. The quantitative estimate of drug-likeness (QED) is 0.436. The van der Waals surface area contributed by atoms with Gasteiger partial charge in [0.05, 0.1) is 12.8 Å². The van der Waals surface area contributed by atoms with Crippen LogP contribution in [-0.4, -0.2) is 81.4 Å². The monoisotopic (exact) mass is 441 g/mol. The van der Waals surface area contributed by atoms with E-state index >= 15 is 0 Å². The Balaban J connectivity index is 1.62. The second-order valence-corrected chi connectivity index (χ2v) is 8.43. The summed E-state index contributed by atoms with van der Waals surface area (Å²) in [5, 5.41) is 3.55. The Morgan fingerprint density at radius 1 is 1.09 bits per heavy atom. The highest BCUT2D eigenvalue weighted by Crippen LogP contribution is 2.27. The predicted molar refractivity (Wildman–Crippen MR) is 132 cm³/mol. The van der Waals surface area contributed by atoms with E-state index in [1.54, 1.807) is 7.11 Å². The minimum Gasteiger partial charge on any atom is -0.497 e. The van der Waals surface area contributed by atoms with E-state index in [0.717, 1.165) is 68.3 Å². The third-order valence-corrected chi connectivity index (χ3v) is 5.83. The van der Waals surface area contributed by atoms with E-state index in [1.165, 1.54) is 25.9 Å². The number of nitrogens with zero attached hydrogens (tertiary/aromatic N) is 3. The number of ether oxygens (including phenoxy) is 2. The van der Waals surface area contributed by atoms with Gasteiger partial charge in [-0.1, -0.05) is 0 Å². The summed E-state index contributed by atoms with van der Waals surface area (Å²) in [6, 6.07) is 12.1. The lowest BCUT2D eigenvalue weighted by molar-refractivity contribution is 0.232. The SMILES string of the molecule is COc1ccc(-c2cc(NCCCN(C)CCCN)cc(OCCN3CCCC3)n2)cc1. The van der Waals surface area contributed by atoms with Crippen LogP contribution in [0, 0.1) is 0 Å². The Bertz CT molecular complexity index is 793. The molecule has 1 fully saturated rings. The number of anilines is 1. The highest BCUT2D eigenvalue weighted by molar-refractivity contribution is 5.66. The lowest BCUT2D eigenvalue weighted by Crippen LogP contribution is -2.25. The van der Waals surface area contributed by atoms with Crippen LogP contribution in [0.25, 0.3) is 11.3 Å². The van der Waals surface area contributed by atoms with Crippen molar-refractivity contribution in [1.82, 2.24) is 14.8 Å². The average Bonchev–Trinajstić information content (AvgIpc) is 3.34. The van der Waals surface area contributed by atoms with Crippen LogP contribution in [-0.2, 0) is 0 Å². The van der Waals surface area contributed by atoms with Crippen molar-refractivity contribution in [3.8, 4) is 22.9 Å². The molecule has 2 heterocycles. The first-order chi connectivity index (χ1) is 15.7. The number of benzene rings is 1. The van der Waals surface area contributed by atoms with Gasteiger partial charge < -0.3 is 25.4 Å². The van der Waals surface area contributed by atoms with E-state index in [4.69, 9.17) is 20.2 Å². The van der Waals surface area contributed by atoms with Crippen molar-refractivity contribution < 1.29 is 9.47 Å². The van der Waals surface area contributed by atoms with Crippen molar-refractivity contribution in [3.63, 3.8) is 0 Å². The van der Waals surface area contributed by atoms with Crippen LogP contribution in [0.1, 0.15) is 25.7 Å². The molecule has 0 saturated carbocycles. The molecule has 0 atom stereocenters. The largest absolute Gasteiger partial charge is 0.497 e. The fourth-order valence-corrected chi connectivity index (χ4v) is 3.93. The van der Waals surface area contributed by atoms with Crippen LogP contribution in [0.3, 0.4) is 0 Å². The molecule has 1 aliphatic heterocycles. The molecule has 32 heavy (non-hydrogen) atoms. The van der Waals surface area contributed by atoms with Gasteiger partial charge in [0.2, 0.25) is 5.88 Å². The molecule has 3 rings (SSSR count). The zero-order valence-corrected chi connectivity index (χ0v) is 19.7. The first kappa shape index (κ1) is 24.3. The van der Waals surface area contributed by atoms with Gasteiger partial charge in [-0.25, -0.2) is 4.98 Å². The van der Waals surface area contributed by atoms with Crippen molar-refractivity contribution in [2.24, 2.45) is 5.73 Å². The maximum Gasteiger partial charge on any atom is 0.215 e. The molecule has 0 bridgehead atoms. The summed E-state index contributed by atoms with van der Waals surface area (Å²) in [6.07, 6.45) is 4.69. The summed E-state index contributed by atoms with van der Waals surface area (Å²) in [6.45, 7) is 7.69. The normalized spacial score (nSPS) is 14.1. The van der Waals surface area contributed by atoms with Gasteiger partial charge in [-0.05, 0) is 95.8 Å². The van der Waals surface area contributed by atoms with Crippen LogP contribution < -0.4 is 20.5 Å². The third-order valence-electron chi connectivity index (χ3n) is 5.83. The summed E-state index contributed by atoms with van der Waals surface area (Å²) in [5.41, 5.74) is 8.58. The number of methoxy groups -OCH3 is 1. The van der Waals surface area contributed by atoms with Crippen LogP contribution in [0.15, 0.2) is 36.4 Å². The van der Waals surface area contributed by atoms with Crippen LogP contribution >= 0.6 is 0 Å². The highest BCUT2D eigenvalue weighted by Gasteiger charge is 2.12. The highest BCUT2D eigenvalue weighted by atomic mass is 16.5. The van der Waals surface area contributed by atoms with Crippen LogP contribution in [0.4, 0.5) is 5.69 Å². The van der Waals surface area contributed by atoms with E-state index in [0.29, 0.717) is 12.5 Å². The minimum atomic E-state index is 0.657. The van der Waals surface area contributed by atoms with Gasteiger partial charge in [0.1, 0.15) is 12.4 Å². The summed E-state index contributed by atoms with van der Waals surface area (Å²) in [5.74, 6) is 1.50. The molecule has 0 amide bonds. The molecule has 0 aliphatic carbocycles. The molecule has 0 spiro atoms. The number of hydrogen-bond donors (Lipinski definition) is 2. The molecule has 0 unspecified atom stereocenters. The van der Waals surface area contributed by atoms with Gasteiger partial charge in [-0.15, -0.1) is 0 Å². The van der Waals surface area contributed by atoms with Crippen molar-refractivity contribution in [2.75, 3.05) is 71.9 Å². The lowest BCUT2D eigenvalue weighted by Gasteiger charge is -2.17. The summed E-state index contributed by atoms with van der Waals surface area (Å²) in [7, 11) is 3.83. The second-order valence-electron chi connectivity index (χ2n) is 8.43. The Labute approximate surface area is 192 Å². The molecule has 1 aromatic carbocycles. The van der Waals surface area contributed by atoms with E-state index in [-0.39, 0.29) is 0 Å². The first-order valence-corrected chi connectivity index (χ1v) is 11.8. The first-order valence-electron chi connectivity index (χ1n) is 11.8. The summed E-state index contributed by atoms with van der Waals surface area (Å²) < 4.78 is 11.4. The van der Waals surface area contributed by atoms with Crippen molar-refractivity contribution in [3.05, 3.63) is 36.4 Å². The van der Waals surface area contributed by atoms with E-state index in [9.17, 15) is 0 Å². The third kappa shape index (κ3) is 7.97. The van der Waals surface area contributed by atoms with Gasteiger partial charge in [0.25, 0.3) is 0 Å². The molecule has 0 radical (unpaired) electrons. The Morgan fingerprint density at radius 2 is 1.84 bits per heavy atom. The molecular formula is C25H39N5O2. The summed E-state index contributed by atoms with van der Waals surface area (Å²) >= 11 is 0. The molecule has 3 N–H and O–H groups in total. The minimum absolute atomic E-state index is 0.657. The van der Waals surface area contributed by atoms with Crippen molar-refractivity contribution in [1.29, 1.82) is 0 Å². The summed E-state index contributed by atoms with van der Waals surface area (Å²) in [4.78, 5) is 9.55. The van der Waals surface area contributed by atoms with Gasteiger partial charge in [0, 0.05) is 30.4 Å². The molecule has 1 saturated heterocycles. The molecule has 176 valence electrons. The lowest BCUT2D eigenvalue weighted by atomic mass is 10.1. The van der Waals surface area contributed by atoms with E-state index in [2.05, 4.69) is 28.2 Å². The molecule has 2 aromatic rings. The Morgan fingerprint density at radius 3 is 2.56 bits per heavy atom. The topological polar surface area (TPSA) is 75.9 Å². The number of hydrogen-bond acceptors (Lipinski definition) is 7. The molecule has 1 aliphatic rings. The molecule has 7 heteroatoms. The van der Waals surface area contributed by atoms with Crippen LogP contribution in [0.5, 0.6) is 11.6 Å². The van der Waals surface area contributed by atoms with Gasteiger partial charge >= 0.3 is 0 Å². The van der Waals surface area contributed by atoms with Gasteiger partial charge in [-0.2, -0.15) is 0 Å². The fourth-order valence-electron chi connectivity index (χ4n) is 3.93. The molecular weight excluding hydrogens is 402 g/mol. The maximum absolute atomic E-state index is 6.07. The maximum atomic E-state index is 6.07. The van der Waals surface area contributed by atoms with Crippen molar-refractivity contribution in [2.45, 2.75) is 25.7 Å². The fraction of sp³-hybridized carbons (Fsp3) is 0.560. The number of nitrogens with two attached hydrogens (primary N) is 1. The second kappa shape index (κ2) is 13.3.